The van der Waals surface area contributed by atoms with Gasteiger partial charge in [-0.25, -0.2) is 13.1 Å². The lowest BCUT2D eigenvalue weighted by Gasteiger charge is -2.30. The maximum Gasteiger partial charge on any atom is 0.269 e. The molecule has 7 nitrogen and oxygen atoms in total. The normalized spacial score (nSPS) is 14.3. The van der Waals surface area contributed by atoms with Gasteiger partial charge in [-0.05, 0) is 46.4 Å². The van der Waals surface area contributed by atoms with Gasteiger partial charge in [-0.15, -0.1) is 0 Å². The minimum absolute atomic E-state index is 0.0498. The molecule has 0 amide bonds. The summed E-state index contributed by atoms with van der Waals surface area (Å²) in [6.45, 7) is 2.00. The monoisotopic (exact) mass is 489 g/mol. The van der Waals surface area contributed by atoms with Gasteiger partial charge in [0.05, 0.1) is 9.82 Å². The third-order valence-electron chi connectivity index (χ3n) is 6.32. The smallest absolute Gasteiger partial charge is 0.269 e. The quantitative estimate of drug-likeness (QED) is 0.260. The van der Waals surface area contributed by atoms with E-state index >= 15 is 0 Å². The highest BCUT2D eigenvalue weighted by Crippen LogP contribution is 2.29. The lowest BCUT2D eigenvalue weighted by molar-refractivity contribution is -0.384. The van der Waals surface area contributed by atoms with Gasteiger partial charge in [0.25, 0.3) is 5.69 Å². The molecule has 180 valence electrons. The Hall–Kier alpha value is -3.59. The molecule has 4 rings (SSSR count). The van der Waals surface area contributed by atoms with Crippen molar-refractivity contribution >= 4 is 26.5 Å². The lowest BCUT2D eigenvalue weighted by atomic mass is 9.85. The maximum atomic E-state index is 13.3. The SMILES string of the molecule is CC(c1cccc2ccccc12)C(N)C(Cc1ccccc1)NS(=O)(=O)c1ccc([N+](=O)[O-])cc1. The molecule has 35 heavy (non-hydrogen) atoms. The molecule has 4 aromatic rings. The summed E-state index contributed by atoms with van der Waals surface area (Å²) in [6, 6.07) is 27.3. The Morgan fingerprint density at radius 1 is 0.886 bits per heavy atom. The average Bonchev–Trinajstić information content (AvgIpc) is 2.87. The van der Waals surface area contributed by atoms with Crippen LogP contribution in [0, 0.1) is 10.1 Å². The number of non-ortho nitro benzene ring substituents is 1. The summed E-state index contributed by atoms with van der Waals surface area (Å²) in [5, 5.41) is 13.1. The summed E-state index contributed by atoms with van der Waals surface area (Å²) in [5.41, 5.74) is 8.58. The van der Waals surface area contributed by atoms with E-state index in [9.17, 15) is 18.5 Å². The van der Waals surface area contributed by atoms with Crippen LogP contribution in [0.1, 0.15) is 24.0 Å². The molecule has 0 radical (unpaired) electrons. The predicted molar refractivity (Wildman–Crippen MR) is 138 cm³/mol. The van der Waals surface area contributed by atoms with E-state index in [1.54, 1.807) is 0 Å². The van der Waals surface area contributed by atoms with Crippen LogP contribution in [0.5, 0.6) is 0 Å². The van der Waals surface area contributed by atoms with Gasteiger partial charge in [-0.3, -0.25) is 10.1 Å². The molecule has 0 bridgehead atoms. The van der Waals surface area contributed by atoms with E-state index in [4.69, 9.17) is 5.73 Å². The number of nitrogens with one attached hydrogen (secondary N) is 1. The molecular weight excluding hydrogens is 462 g/mol. The Balaban J connectivity index is 1.67. The van der Waals surface area contributed by atoms with Gasteiger partial charge >= 0.3 is 0 Å². The fraction of sp³-hybridized carbons (Fsp3) is 0.185. The van der Waals surface area contributed by atoms with Crippen molar-refractivity contribution in [2.75, 3.05) is 0 Å². The summed E-state index contributed by atoms with van der Waals surface area (Å²) in [5.74, 6) is -0.158. The van der Waals surface area contributed by atoms with Gasteiger partial charge in [0.2, 0.25) is 10.0 Å². The van der Waals surface area contributed by atoms with Gasteiger partial charge in [-0.2, -0.15) is 0 Å². The lowest BCUT2D eigenvalue weighted by Crippen LogP contribution is -2.51. The van der Waals surface area contributed by atoms with Gasteiger partial charge in [-0.1, -0.05) is 79.7 Å². The second-order valence-corrected chi connectivity index (χ2v) is 10.3. The minimum atomic E-state index is -3.98. The molecule has 0 aromatic heterocycles. The first kappa shape index (κ1) is 24.5. The van der Waals surface area contributed by atoms with Gasteiger partial charge in [0.1, 0.15) is 0 Å². The average molecular weight is 490 g/mol. The summed E-state index contributed by atoms with van der Waals surface area (Å²) >= 11 is 0. The van der Waals surface area contributed by atoms with E-state index in [1.165, 1.54) is 24.3 Å². The third kappa shape index (κ3) is 5.57. The number of sulfonamides is 1. The summed E-state index contributed by atoms with van der Waals surface area (Å²) in [6.07, 6.45) is 0.392. The van der Waals surface area contributed by atoms with Crippen LogP contribution in [0.3, 0.4) is 0 Å². The molecule has 3 unspecified atom stereocenters. The van der Waals surface area contributed by atoms with Crippen LogP contribution < -0.4 is 10.5 Å². The van der Waals surface area contributed by atoms with Gasteiger partial charge < -0.3 is 5.73 Å². The summed E-state index contributed by atoms with van der Waals surface area (Å²) in [7, 11) is -3.98. The van der Waals surface area contributed by atoms with E-state index in [0.717, 1.165) is 21.9 Å². The fourth-order valence-electron chi connectivity index (χ4n) is 4.34. The molecule has 0 aliphatic heterocycles. The minimum Gasteiger partial charge on any atom is -0.326 e. The molecule has 0 fully saturated rings. The van der Waals surface area contributed by atoms with Crippen molar-refractivity contribution in [3.05, 3.63) is 118 Å². The Bertz CT molecular complexity index is 1420. The molecule has 3 atom stereocenters. The van der Waals surface area contributed by atoms with Crippen molar-refractivity contribution in [1.82, 2.24) is 4.72 Å². The first-order valence-electron chi connectivity index (χ1n) is 11.3. The molecule has 0 aliphatic carbocycles. The van der Waals surface area contributed by atoms with Gasteiger partial charge in [0, 0.05) is 24.2 Å². The van der Waals surface area contributed by atoms with Crippen molar-refractivity contribution in [1.29, 1.82) is 0 Å². The van der Waals surface area contributed by atoms with Crippen LogP contribution >= 0.6 is 0 Å². The van der Waals surface area contributed by atoms with Crippen molar-refractivity contribution in [3.8, 4) is 0 Å². The Morgan fingerprint density at radius 2 is 1.51 bits per heavy atom. The van der Waals surface area contributed by atoms with E-state index in [2.05, 4.69) is 4.72 Å². The Kier molecular flexibility index (Phi) is 7.25. The van der Waals surface area contributed by atoms with E-state index in [1.807, 2.05) is 79.7 Å². The number of rotatable bonds is 9. The highest BCUT2D eigenvalue weighted by atomic mass is 32.2. The first-order chi connectivity index (χ1) is 16.8. The number of nitrogens with zero attached hydrogens (tertiary/aromatic N) is 1. The van der Waals surface area contributed by atoms with Crippen molar-refractivity contribution in [3.63, 3.8) is 0 Å². The third-order valence-corrected chi connectivity index (χ3v) is 7.82. The molecule has 3 N–H and O–H groups in total. The maximum absolute atomic E-state index is 13.3. The predicted octanol–water partition coefficient (Wildman–Crippen LogP) is 4.77. The van der Waals surface area contributed by atoms with Crippen LogP contribution in [-0.4, -0.2) is 25.4 Å². The highest BCUT2D eigenvalue weighted by Gasteiger charge is 2.30. The van der Waals surface area contributed by atoms with Crippen LogP contribution in [0.15, 0.2) is 102 Å². The number of benzene rings is 4. The second-order valence-electron chi connectivity index (χ2n) is 8.60. The first-order valence-corrected chi connectivity index (χ1v) is 12.8. The van der Waals surface area contributed by atoms with Crippen molar-refractivity contribution in [2.45, 2.75) is 36.2 Å². The summed E-state index contributed by atoms with van der Waals surface area (Å²) < 4.78 is 29.3. The molecule has 4 aromatic carbocycles. The van der Waals surface area contributed by atoms with Crippen LogP contribution in [0.2, 0.25) is 0 Å². The molecule has 0 spiro atoms. The molecular formula is C27H27N3O4S. The molecule has 0 saturated heterocycles. The highest BCUT2D eigenvalue weighted by molar-refractivity contribution is 7.89. The Morgan fingerprint density at radius 3 is 2.20 bits per heavy atom. The largest absolute Gasteiger partial charge is 0.326 e. The number of fused-ring (bicyclic) bond motifs is 1. The molecule has 0 saturated carbocycles. The van der Waals surface area contributed by atoms with Crippen molar-refractivity contribution in [2.24, 2.45) is 5.73 Å². The zero-order chi connectivity index (χ0) is 25.0. The topological polar surface area (TPSA) is 115 Å². The number of nitro benzene ring substituents is 1. The number of hydrogen-bond donors (Lipinski definition) is 2. The van der Waals surface area contributed by atoms with E-state index < -0.39 is 27.0 Å². The van der Waals surface area contributed by atoms with E-state index in [0.29, 0.717) is 6.42 Å². The zero-order valence-corrected chi connectivity index (χ0v) is 20.1. The fourth-order valence-corrected chi connectivity index (χ4v) is 5.61. The van der Waals surface area contributed by atoms with Crippen LogP contribution in [0.25, 0.3) is 10.8 Å². The molecule has 0 heterocycles. The van der Waals surface area contributed by atoms with Crippen molar-refractivity contribution < 1.29 is 13.3 Å². The van der Waals surface area contributed by atoms with Crippen LogP contribution in [0.4, 0.5) is 5.69 Å². The van der Waals surface area contributed by atoms with Crippen LogP contribution in [-0.2, 0) is 16.4 Å². The standard InChI is InChI=1S/C27H27N3O4S/c1-19(24-13-7-11-21-10-5-6-12-25(21)24)27(28)26(18-20-8-3-2-4-9-20)29-35(33,34)23-16-14-22(15-17-23)30(31)32/h2-17,19,26-27,29H,18,28H2,1H3. The number of nitro groups is 1. The Labute approximate surface area is 204 Å². The molecule has 8 heteroatoms. The van der Waals surface area contributed by atoms with E-state index in [-0.39, 0.29) is 16.5 Å². The number of hydrogen-bond acceptors (Lipinski definition) is 5. The zero-order valence-electron chi connectivity index (χ0n) is 19.2. The van der Waals surface area contributed by atoms with Gasteiger partial charge in [0.15, 0.2) is 0 Å². The molecule has 0 aliphatic rings. The summed E-state index contributed by atoms with van der Waals surface area (Å²) in [4.78, 5) is 10.3. The second kappa shape index (κ2) is 10.4. The number of nitrogens with two attached hydrogens (primary N) is 1.